The van der Waals surface area contributed by atoms with Gasteiger partial charge in [0.25, 0.3) is 0 Å². The summed E-state index contributed by atoms with van der Waals surface area (Å²) in [6.45, 7) is 2.19. The molecule has 1 amide bonds. The van der Waals surface area contributed by atoms with Gasteiger partial charge in [-0.3, -0.25) is 4.79 Å². The first-order chi connectivity index (χ1) is 12.5. The molecule has 3 rings (SSSR count). The van der Waals surface area contributed by atoms with Gasteiger partial charge in [-0.05, 0) is 43.3 Å². The summed E-state index contributed by atoms with van der Waals surface area (Å²) in [5.41, 5.74) is 1.06. The van der Waals surface area contributed by atoms with Gasteiger partial charge in [-0.2, -0.15) is 0 Å². The summed E-state index contributed by atoms with van der Waals surface area (Å²) in [6.07, 6.45) is 0. The van der Waals surface area contributed by atoms with E-state index >= 15 is 0 Å². The summed E-state index contributed by atoms with van der Waals surface area (Å²) in [5, 5.41) is 19.2. The molecule has 3 aromatic rings. The van der Waals surface area contributed by atoms with E-state index < -0.39 is 5.91 Å². The van der Waals surface area contributed by atoms with Crippen molar-refractivity contribution in [1.82, 2.24) is 4.57 Å². The van der Waals surface area contributed by atoms with Crippen molar-refractivity contribution >= 4 is 50.0 Å². The summed E-state index contributed by atoms with van der Waals surface area (Å²) < 4.78 is 7.87. The highest BCUT2D eigenvalue weighted by molar-refractivity contribution is 9.10. The molecular formula is C18H15BrClN3O3. The van der Waals surface area contributed by atoms with Crippen LogP contribution < -0.4 is 4.74 Å². The summed E-state index contributed by atoms with van der Waals surface area (Å²) in [4.78, 5) is 11.9. The average Bonchev–Trinajstić information content (AvgIpc) is 2.88. The Morgan fingerprint density at radius 1 is 1.31 bits per heavy atom. The standard InChI is InChI=1S/C18H15BrClN3O3/c1-2-23-15-7-6-11(19)8-14(15)17(18(23)25)22-21-16(24)10-26-13-5-3-4-12(20)9-13/h3-9,25H,2,10H2,1H3. The highest BCUT2D eigenvalue weighted by atomic mass is 79.9. The van der Waals surface area contributed by atoms with Crippen molar-refractivity contribution < 1.29 is 14.6 Å². The van der Waals surface area contributed by atoms with Crippen LogP contribution >= 0.6 is 27.5 Å². The van der Waals surface area contributed by atoms with Gasteiger partial charge in [0.15, 0.2) is 12.3 Å². The van der Waals surface area contributed by atoms with Gasteiger partial charge in [0.1, 0.15) is 5.75 Å². The number of aromatic hydroxyl groups is 1. The molecule has 1 N–H and O–H groups in total. The predicted octanol–water partition coefficient (Wildman–Crippen LogP) is 5.47. The molecule has 8 heteroatoms. The van der Waals surface area contributed by atoms with E-state index in [0.29, 0.717) is 22.7 Å². The van der Waals surface area contributed by atoms with Crippen LogP contribution in [0.2, 0.25) is 5.02 Å². The maximum absolute atomic E-state index is 11.9. The highest BCUT2D eigenvalue weighted by Crippen LogP contribution is 2.39. The number of hydrogen-bond acceptors (Lipinski definition) is 4. The van der Waals surface area contributed by atoms with Crippen LogP contribution in [0.1, 0.15) is 6.92 Å². The molecule has 26 heavy (non-hydrogen) atoms. The van der Waals surface area contributed by atoms with Gasteiger partial charge in [0.2, 0.25) is 5.88 Å². The highest BCUT2D eigenvalue weighted by Gasteiger charge is 2.16. The number of rotatable bonds is 5. The average molecular weight is 437 g/mol. The third-order valence-electron chi connectivity index (χ3n) is 3.71. The maximum Gasteiger partial charge on any atom is 0.302 e. The van der Waals surface area contributed by atoms with Gasteiger partial charge in [-0.25, -0.2) is 0 Å². The lowest BCUT2D eigenvalue weighted by Gasteiger charge is -2.02. The third kappa shape index (κ3) is 3.89. The van der Waals surface area contributed by atoms with Gasteiger partial charge < -0.3 is 14.4 Å². The zero-order chi connectivity index (χ0) is 18.7. The Kier molecular flexibility index (Phi) is 5.58. The van der Waals surface area contributed by atoms with Crippen LogP contribution in [0.25, 0.3) is 10.9 Å². The number of nitrogens with zero attached hydrogens (tertiary/aromatic N) is 3. The fourth-order valence-corrected chi connectivity index (χ4v) is 3.09. The first kappa shape index (κ1) is 18.4. The first-order valence-corrected chi connectivity index (χ1v) is 9.00. The lowest BCUT2D eigenvalue weighted by molar-refractivity contribution is -0.120. The molecule has 0 fully saturated rings. The quantitative estimate of drug-likeness (QED) is 0.539. The second-order valence-corrected chi connectivity index (χ2v) is 6.77. The number of fused-ring (bicyclic) bond motifs is 1. The molecule has 1 aromatic heterocycles. The number of halogens is 2. The van der Waals surface area contributed by atoms with Crippen LogP contribution in [0, 0.1) is 0 Å². The van der Waals surface area contributed by atoms with E-state index in [-0.39, 0.29) is 18.2 Å². The second kappa shape index (κ2) is 7.88. The molecule has 134 valence electrons. The largest absolute Gasteiger partial charge is 0.493 e. The number of aryl methyl sites for hydroxylation is 1. The molecule has 6 nitrogen and oxygen atoms in total. The predicted molar refractivity (Wildman–Crippen MR) is 103 cm³/mol. The maximum atomic E-state index is 11.9. The van der Waals surface area contributed by atoms with E-state index in [1.165, 1.54) is 0 Å². The number of azo groups is 1. The third-order valence-corrected chi connectivity index (χ3v) is 4.44. The van der Waals surface area contributed by atoms with Gasteiger partial charge in [-0.15, -0.1) is 10.2 Å². The Morgan fingerprint density at radius 3 is 2.85 bits per heavy atom. The van der Waals surface area contributed by atoms with Crippen LogP contribution in [-0.4, -0.2) is 22.2 Å². The summed E-state index contributed by atoms with van der Waals surface area (Å²) >= 11 is 9.26. The number of hydrogen-bond donors (Lipinski definition) is 1. The van der Waals surface area contributed by atoms with Crippen molar-refractivity contribution in [3.05, 3.63) is 52.0 Å². The summed E-state index contributed by atoms with van der Waals surface area (Å²) in [5.74, 6) is -0.139. The molecule has 0 spiro atoms. The minimum atomic E-state index is -0.572. The summed E-state index contributed by atoms with van der Waals surface area (Å²) in [6, 6.07) is 12.3. The number of aromatic nitrogens is 1. The van der Waals surface area contributed by atoms with Crippen molar-refractivity contribution in [2.45, 2.75) is 13.5 Å². The van der Waals surface area contributed by atoms with Crippen molar-refractivity contribution in [1.29, 1.82) is 0 Å². The minimum Gasteiger partial charge on any atom is -0.493 e. The monoisotopic (exact) mass is 435 g/mol. The van der Waals surface area contributed by atoms with E-state index in [2.05, 4.69) is 26.2 Å². The molecule has 0 saturated carbocycles. The lowest BCUT2D eigenvalue weighted by atomic mass is 10.2. The Labute approximate surface area is 163 Å². The molecule has 0 bridgehead atoms. The van der Waals surface area contributed by atoms with Gasteiger partial charge >= 0.3 is 5.91 Å². The van der Waals surface area contributed by atoms with Crippen molar-refractivity contribution in [3.63, 3.8) is 0 Å². The number of amides is 1. The Balaban J connectivity index is 1.80. The van der Waals surface area contributed by atoms with E-state index in [4.69, 9.17) is 16.3 Å². The van der Waals surface area contributed by atoms with E-state index in [0.717, 1.165) is 9.99 Å². The van der Waals surface area contributed by atoms with Crippen LogP contribution in [0.4, 0.5) is 5.69 Å². The van der Waals surface area contributed by atoms with E-state index in [1.807, 2.05) is 25.1 Å². The Morgan fingerprint density at radius 2 is 2.12 bits per heavy atom. The van der Waals surface area contributed by atoms with Gasteiger partial charge in [0, 0.05) is 21.4 Å². The Bertz CT molecular complexity index is 1000. The lowest BCUT2D eigenvalue weighted by Crippen LogP contribution is -2.07. The number of ether oxygens (including phenoxy) is 1. The molecule has 0 aliphatic rings. The van der Waals surface area contributed by atoms with Crippen LogP contribution in [-0.2, 0) is 11.3 Å². The number of carbonyl (C=O) groups is 1. The fraction of sp³-hybridized carbons (Fsp3) is 0.167. The molecule has 0 aliphatic heterocycles. The number of carbonyl (C=O) groups excluding carboxylic acids is 1. The molecule has 1 heterocycles. The fourth-order valence-electron chi connectivity index (χ4n) is 2.55. The van der Waals surface area contributed by atoms with Crippen molar-refractivity contribution in [2.24, 2.45) is 10.2 Å². The SMILES string of the molecule is CCn1c(O)c(N=NC(=O)COc2cccc(Cl)c2)c2cc(Br)ccc21. The van der Waals surface area contributed by atoms with E-state index in [9.17, 15) is 9.90 Å². The molecule has 0 aliphatic carbocycles. The zero-order valence-corrected chi connectivity index (χ0v) is 16.2. The van der Waals surface area contributed by atoms with Crippen molar-refractivity contribution in [3.8, 4) is 11.6 Å². The van der Waals surface area contributed by atoms with Crippen molar-refractivity contribution in [2.75, 3.05) is 6.61 Å². The smallest absolute Gasteiger partial charge is 0.302 e. The molecule has 2 aromatic carbocycles. The van der Waals surface area contributed by atoms with Crippen LogP contribution in [0.3, 0.4) is 0 Å². The summed E-state index contributed by atoms with van der Waals surface area (Å²) in [7, 11) is 0. The normalized spacial score (nSPS) is 11.3. The number of benzene rings is 2. The van der Waals surface area contributed by atoms with E-state index in [1.54, 1.807) is 28.8 Å². The molecule has 0 atom stereocenters. The molecule has 0 unspecified atom stereocenters. The van der Waals surface area contributed by atoms with Crippen LogP contribution in [0.15, 0.2) is 57.2 Å². The van der Waals surface area contributed by atoms with Gasteiger partial charge in [-0.1, -0.05) is 33.6 Å². The van der Waals surface area contributed by atoms with Crippen LogP contribution in [0.5, 0.6) is 11.6 Å². The topological polar surface area (TPSA) is 76.2 Å². The minimum absolute atomic E-state index is 0.0343. The molecule has 0 saturated heterocycles. The second-order valence-electron chi connectivity index (χ2n) is 5.42. The molecular weight excluding hydrogens is 422 g/mol. The van der Waals surface area contributed by atoms with Gasteiger partial charge in [0.05, 0.1) is 5.52 Å². The first-order valence-electron chi connectivity index (χ1n) is 7.83. The molecule has 0 radical (unpaired) electrons. The Hall–Kier alpha value is -2.38. The zero-order valence-electron chi connectivity index (χ0n) is 13.8.